The van der Waals surface area contributed by atoms with Crippen LogP contribution >= 0.6 is 139 Å². The van der Waals surface area contributed by atoms with Crippen molar-refractivity contribution in [1.82, 2.24) is 4.90 Å². The average molecular weight is 741 g/mol. The van der Waals surface area contributed by atoms with E-state index < -0.39 is 32.6 Å². The highest BCUT2D eigenvalue weighted by atomic mass is 35.6. The van der Waals surface area contributed by atoms with Crippen molar-refractivity contribution in [1.29, 1.82) is 0 Å². The van der Waals surface area contributed by atoms with Gasteiger partial charge in [0.2, 0.25) is 17.0 Å². The lowest BCUT2D eigenvalue weighted by Gasteiger charge is -2.50. The second-order valence-electron chi connectivity index (χ2n) is 7.35. The quantitative estimate of drug-likeness (QED) is 0.159. The summed E-state index contributed by atoms with van der Waals surface area (Å²) in [5.74, 6) is -0.316. The summed E-state index contributed by atoms with van der Waals surface area (Å²) in [5.41, 5.74) is -1.57. The summed E-state index contributed by atoms with van der Waals surface area (Å²) < 4.78 is -3.62. The van der Waals surface area contributed by atoms with Gasteiger partial charge in [-0.15, -0.1) is 0 Å². The minimum atomic E-state index is -2.41. The topological polar surface area (TPSA) is 37.2 Å². The van der Waals surface area contributed by atoms with Crippen LogP contribution in [0.3, 0.4) is 0 Å². The van der Waals surface area contributed by atoms with Gasteiger partial charge in [-0.1, -0.05) is 177 Å². The van der Waals surface area contributed by atoms with E-state index in [1.165, 1.54) is 12.2 Å². The summed E-state index contributed by atoms with van der Waals surface area (Å²) in [5, 5.41) is 0. The van der Waals surface area contributed by atoms with Gasteiger partial charge in [0.25, 0.3) is 3.92 Å². The molecule has 36 heavy (non-hydrogen) atoms. The van der Waals surface area contributed by atoms with Crippen LogP contribution in [0.1, 0.15) is 31.7 Å². The van der Waals surface area contributed by atoms with E-state index in [1.807, 2.05) is 0 Å². The lowest BCUT2D eigenvalue weighted by atomic mass is 10.1. The maximum absolute atomic E-state index is 6.40. The Morgan fingerprint density at radius 3 is 1.89 bits per heavy atom. The molecule has 0 saturated heterocycles. The average Bonchev–Trinajstić information content (AvgIpc) is 2.72. The molecule has 0 fully saturated rings. The summed E-state index contributed by atoms with van der Waals surface area (Å²) in [6.07, 6.45) is 5.97. The van der Waals surface area contributed by atoms with E-state index in [2.05, 4.69) is 16.9 Å². The number of rotatable bonds is 7. The second-order valence-corrected chi connectivity index (χ2v) is 16.4. The van der Waals surface area contributed by atoms with Crippen molar-refractivity contribution in [3.63, 3.8) is 0 Å². The molecule has 0 amide bonds. The fourth-order valence-corrected chi connectivity index (χ4v) is 4.83. The van der Waals surface area contributed by atoms with Crippen LogP contribution in [0.15, 0.2) is 40.3 Å². The Bertz CT molecular complexity index is 988. The van der Waals surface area contributed by atoms with Gasteiger partial charge in [-0.3, -0.25) is 4.90 Å². The number of nitrogens with zero attached hydrogens (tertiary/aromatic N) is 3. The number of aliphatic imine (C=N–C) groups is 2. The van der Waals surface area contributed by atoms with E-state index in [1.54, 1.807) is 24.3 Å². The van der Waals surface area contributed by atoms with Crippen molar-refractivity contribution >= 4 is 157 Å². The van der Waals surface area contributed by atoms with Crippen LogP contribution in [-0.2, 0) is 0 Å². The summed E-state index contributed by atoms with van der Waals surface area (Å²) in [4.78, 5) is 9.09. The van der Waals surface area contributed by atoms with Crippen LogP contribution in [0, 0.1) is 0 Å². The van der Waals surface area contributed by atoms with Crippen LogP contribution in [0.2, 0.25) is 0 Å². The molecular weight excluding hydrogens is 724 g/mol. The smallest absolute Gasteiger partial charge is 0.271 e. The third kappa shape index (κ3) is 8.69. The maximum Gasteiger partial charge on any atom is 0.271 e. The lowest BCUT2D eigenvalue weighted by Crippen LogP contribution is -2.66. The Hall–Kier alpha value is 1.38. The van der Waals surface area contributed by atoms with Crippen molar-refractivity contribution in [3.05, 3.63) is 35.9 Å². The highest BCUT2D eigenvalue weighted by Gasteiger charge is 2.63. The molecule has 0 spiro atoms. The molecule has 1 atom stereocenters. The Balaban J connectivity index is 2.63. The number of halogens is 12. The van der Waals surface area contributed by atoms with Crippen molar-refractivity contribution in [2.45, 2.75) is 47.1 Å². The van der Waals surface area contributed by atoms with Crippen molar-refractivity contribution in [2.24, 2.45) is 9.98 Å². The van der Waals surface area contributed by atoms with Crippen LogP contribution in [0.25, 0.3) is 6.08 Å². The first-order chi connectivity index (χ1) is 16.3. The van der Waals surface area contributed by atoms with E-state index in [0.717, 1.165) is 24.2 Å². The minimum absolute atomic E-state index is 0.480. The number of ether oxygens (including phenoxy) is 1. The molecule has 1 aromatic carbocycles. The zero-order chi connectivity index (χ0) is 27.6. The highest BCUT2D eigenvalue weighted by Crippen LogP contribution is 2.54. The Kier molecular flexibility index (Phi) is 12.0. The molecule has 1 heterocycles. The van der Waals surface area contributed by atoms with E-state index in [0.29, 0.717) is 17.9 Å². The molecule has 0 N–H and O–H groups in total. The molecule has 1 aliphatic rings. The van der Waals surface area contributed by atoms with E-state index in [4.69, 9.17) is 144 Å². The van der Waals surface area contributed by atoms with Gasteiger partial charge in [0.05, 0.1) is 6.61 Å². The summed E-state index contributed by atoms with van der Waals surface area (Å²) in [7, 11) is 0. The van der Waals surface area contributed by atoms with Crippen molar-refractivity contribution < 1.29 is 4.74 Å². The maximum atomic E-state index is 6.40. The number of hydrogen-bond donors (Lipinski definition) is 0. The molecular formula is C20H17Cl12N3O. The summed E-state index contributed by atoms with van der Waals surface area (Å²) >= 11 is 74.4. The lowest BCUT2D eigenvalue weighted by molar-refractivity contribution is 0.231. The van der Waals surface area contributed by atoms with Gasteiger partial charge in [0.1, 0.15) is 5.75 Å². The normalized spacial score (nSPS) is 20.0. The molecule has 1 unspecified atom stereocenters. The Labute approximate surface area is 269 Å². The second kappa shape index (κ2) is 12.9. The van der Waals surface area contributed by atoms with Crippen molar-refractivity contribution in [2.75, 3.05) is 6.61 Å². The molecule has 1 aromatic rings. The van der Waals surface area contributed by atoms with E-state index in [-0.39, 0.29) is 0 Å². The van der Waals surface area contributed by atoms with Crippen LogP contribution in [-0.4, -0.2) is 44.1 Å². The number of unbranched alkanes of at least 4 members (excludes halogenated alkanes) is 2. The van der Waals surface area contributed by atoms with Gasteiger partial charge in [-0.2, -0.15) is 0 Å². The van der Waals surface area contributed by atoms with Gasteiger partial charge >= 0.3 is 0 Å². The van der Waals surface area contributed by atoms with Crippen molar-refractivity contribution in [3.8, 4) is 5.75 Å². The zero-order valence-electron chi connectivity index (χ0n) is 18.1. The zero-order valence-corrected chi connectivity index (χ0v) is 27.1. The number of benzene rings is 1. The molecule has 0 bridgehead atoms. The minimum Gasteiger partial charge on any atom is -0.494 e. The summed E-state index contributed by atoms with van der Waals surface area (Å²) in [6.45, 7) is 2.72. The monoisotopic (exact) mass is 735 g/mol. The third-order valence-electron chi connectivity index (χ3n) is 4.62. The first kappa shape index (κ1) is 33.6. The summed E-state index contributed by atoms with van der Waals surface area (Å²) in [6, 6.07) is 7.05. The molecule has 0 aliphatic carbocycles. The van der Waals surface area contributed by atoms with Crippen LogP contribution < -0.4 is 4.74 Å². The fraction of sp³-hybridized carbons (Fsp3) is 0.500. The number of amidine groups is 2. The van der Waals surface area contributed by atoms with Gasteiger partial charge < -0.3 is 4.74 Å². The predicted octanol–water partition coefficient (Wildman–Crippen LogP) is 10.5. The highest BCUT2D eigenvalue weighted by molar-refractivity contribution is 6.80. The molecule has 16 heteroatoms. The molecule has 2 rings (SSSR count). The standard InChI is InChI=1S/C20H17Cl12N3O/c1-2-3-4-11-36-13-7-5-12(6-8-13)9-10-16(19(27,28)29)34-14(17(21,22)23)33-15(18(24,25)26)35(16)20(30,31)32/h5-10H,2-4,11H2,1H3. The van der Waals surface area contributed by atoms with Gasteiger partial charge in [0, 0.05) is 0 Å². The largest absolute Gasteiger partial charge is 0.494 e. The van der Waals surface area contributed by atoms with Crippen LogP contribution in [0.4, 0.5) is 0 Å². The van der Waals surface area contributed by atoms with E-state index in [9.17, 15) is 0 Å². The van der Waals surface area contributed by atoms with Crippen LogP contribution in [0.5, 0.6) is 5.75 Å². The molecule has 0 aromatic heterocycles. The number of alkyl halides is 12. The first-order valence-corrected chi connectivity index (χ1v) is 14.6. The van der Waals surface area contributed by atoms with E-state index >= 15 is 0 Å². The van der Waals surface area contributed by atoms with Gasteiger partial charge in [-0.05, 0) is 30.2 Å². The fourth-order valence-electron chi connectivity index (χ4n) is 3.00. The molecule has 0 saturated carbocycles. The molecule has 0 radical (unpaired) electrons. The Morgan fingerprint density at radius 2 is 1.44 bits per heavy atom. The Morgan fingerprint density at radius 1 is 0.861 bits per heavy atom. The SMILES string of the molecule is CCCCCOc1ccc(C=CC2(C(Cl)(Cl)Cl)N=C(C(Cl)(Cl)Cl)N=C(C(Cl)(Cl)Cl)N2C(Cl)(Cl)Cl)cc1. The molecule has 1 aliphatic heterocycles. The number of hydrogen-bond acceptors (Lipinski definition) is 4. The van der Waals surface area contributed by atoms with Gasteiger partial charge in [0.15, 0.2) is 11.7 Å². The third-order valence-corrected chi connectivity index (χ3v) is 6.98. The molecule has 4 nitrogen and oxygen atoms in total. The first-order valence-electron chi connectivity index (χ1n) is 10.0. The predicted molar refractivity (Wildman–Crippen MR) is 161 cm³/mol. The van der Waals surface area contributed by atoms with Gasteiger partial charge in [-0.25, -0.2) is 9.98 Å². The molecule has 202 valence electrons.